The van der Waals surface area contributed by atoms with Crippen LogP contribution >= 0.6 is 0 Å². The van der Waals surface area contributed by atoms with E-state index in [1.54, 1.807) is 0 Å². The minimum absolute atomic E-state index is 0.618. The number of guanidine groups is 1. The normalized spacial score (nSPS) is 30.0. The van der Waals surface area contributed by atoms with Crippen molar-refractivity contribution in [2.75, 3.05) is 39.4 Å². The molecule has 0 radical (unpaired) electrons. The van der Waals surface area contributed by atoms with Crippen LogP contribution in [0.5, 0.6) is 0 Å². The summed E-state index contributed by atoms with van der Waals surface area (Å²) in [4.78, 5) is 9.59. The van der Waals surface area contributed by atoms with Gasteiger partial charge in [-0.25, -0.2) is 0 Å². The minimum Gasteiger partial charge on any atom is -0.378 e. The highest BCUT2D eigenvalue weighted by Gasteiger charge is 2.31. The van der Waals surface area contributed by atoms with Crippen molar-refractivity contribution < 1.29 is 4.74 Å². The molecule has 0 aromatic carbocycles. The fraction of sp³-hybridized carbons (Fsp3) is 0.938. The lowest BCUT2D eigenvalue weighted by Gasteiger charge is -2.35. The lowest BCUT2D eigenvalue weighted by Crippen LogP contribution is -2.46. The first-order valence-corrected chi connectivity index (χ1v) is 8.73. The van der Waals surface area contributed by atoms with Crippen LogP contribution in [0.15, 0.2) is 4.99 Å². The summed E-state index contributed by atoms with van der Waals surface area (Å²) >= 11 is 0. The molecule has 1 aliphatic carbocycles. The van der Waals surface area contributed by atoms with Crippen LogP contribution in [0, 0.1) is 0 Å². The van der Waals surface area contributed by atoms with Crippen molar-refractivity contribution >= 4 is 5.96 Å². The SMILES string of the molecule is NC(=NCC1CCCN1C1CCCCC1)N1CCOCC1. The summed E-state index contributed by atoms with van der Waals surface area (Å²) in [5.74, 6) is 0.716. The molecular weight excluding hydrogens is 264 g/mol. The number of rotatable bonds is 3. The summed E-state index contributed by atoms with van der Waals surface area (Å²) in [5, 5.41) is 0. The van der Waals surface area contributed by atoms with Gasteiger partial charge >= 0.3 is 0 Å². The number of morpholine rings is 1. The third kappa shape index (κ3) is 3.89. The molecule has 0 bridgehead atoms. The summed E-state index contributed by atoms with van der Waals surface area (Å²) in [6.45, 7) is 5.45. The molecule has 2 saturated heterocycles. The molecule has 21 heavy (non-hydrogen) atoms. The molecule has 2 heterocycles. The Labute approximate surface area is 128 Å². The van der Waals surface area contributed by atoms with Crippen molar-refractivity contribution in [2.24, 2.45) is 10.7 Å². The molecule has 1 unspecified atom stereocenters. The van der Waals surface area contributed by atoms with Gasteiger partial charge in [0, 0.05) is 25.2 Å². The fourth-order valence-electron chi connectivity index (χ4n) is 4.04. The van der Waals surface area contributed by atoms with Gasteiger partial charge in [0.25, 0.3) is 0 Å². The summed E-state index contributed by atoms with van der Waals surface area (Å²) in [6.07, 6.45) is 9.64. The van der Waals surface area contributed by atoms with E-state index in [1.807, 2.05) is 0 Å². The Morgan fingerprint density at radius 2 is 1.76 bits per heavy atom. The number of nitrogens with two attached hydrogens (primary N) is 1. The van der Waals surface area contributed by atoms with Crippen LogP contribution in [0.4, 0.5) is 0 Å². The summed E-state index contributed by atoms with van der Waals surface area (Å²) < 4.78 is 5.36. The molecule has 0 aromatic rings. The van der Waals surface area contributed by atoms with E-state index in [0.717, 1.165) is 38.9 Å². The van der Waals surface area contributed by atoms with Gasteiger partial charge < -0.3 is 15.4 Å². The molecule has 5 heteroatoms. The Morgan fingerprint density at radius 3 is 2.52 bits per heavy atom. The van der Waals surface area contributed by atoms with Gasteiger partial charge in [-0.05, 0) is 32.2 Å². The highest BCUT2D eigenvalue weighted by atomic mass is 16.5. The van der Waals surface area contributed by atoms with Gasteiger partial charge in [0.1, 0.15) is 0 Å². The van der Waals surface area contributed by atoms with E-state index in [0.29, 0.717) is 12.0 Å². The average Bonchev–Trinajstić information content (AvgIpc) is 3.03. The largest absolute Gasteiger partial charge is 0.378 e. The van der Waals surface area contributed by atoms with E-state index in [-0.39, 0.29) is 0 Å². The van der Waals surface area contributed by atoms with Crippen LogP contribution in [-0.4, -0.2) is 67.2 Å². The third-order valence-corrected chi connectivity index (χ3v) is 5.27. The highest BCUT2D eigenvalue weighted by Crippen LogP contribution is 2.29. The smallest absolute Gasteiger partial charge is 0.191 e. The molecule has 2 N–H and O–H groups in total. The van der Waals surface area contributed by atoms with Gasteiger partial charge in [-0.1, -0.05) is 19.3 Å². The van der Waals surface area contributed by atoms with Crippen LogP contribution in [0.25, 0.3) is 0 Å². The van der Waals surface area contributed by atoms with Crippen LogP contribution in [0.3, 0.4) is 0 Å². The van der Waals surface area contributed by atoms with Gasteiger partial charge in [-0.3, -0.25) is 9.89 Å². The van der Waals surface area contributed by atoms with Gasteiger partial charge in [-0.2, -0.15) is 0 Å². The maximum Gasteiger partial charge on any atom is 0.191 e. The number of ether oxygens (including phenoxy) is 1. The van der Waals surface area contributed by atoms with Crippen molar-refractivity contribution in [3.63, 3.8) is 0 Å². The average molecular weight is 294 g/mol. The zero-order chi connectivity index (χ0) is 14.5. The second-order valence-corrected chi connectivity index (χ2v) is 6.62. The Kier molecular flexibility index (Phi) is 5.36. The first-order valence-electron chi connectivity index (χ1n) is 8.73. The molecule has 1 saturated carbocycles. The van der Waals surface area contributed by atoms with E-state index >= 15 is 0 Å². The molecular formula is C16H30N4O. The zero-order valence-electron chi connectivity index (χ0n) is 13.2. The lowest BCUT2D eigenvalue weighted by atomic mass is 9.94. The van der Waals surface area contributed by atoms with Crippen LogP contribution in [0.1, 0.15) is 44.9 Å². The van der Waals surface area contributed by atoms with Gasteiger partial charge in [0.2, 0.25) is 0 Å². The number of aliphatic imine (C=N–C) groups is 1. The number of hydrogen-bond acceptors (Lipinski definition) is 3. The van der Waals surface area contributed by atoms with Crippen LogP contribution in [0.2, 0.25) is 0 Å². The molecule has 3 rings (SSSR count). The van der Waals surface area contributed by atoms with Crippen molar-refractivity contribution in [1.82, 2.24) is 9.80 Å². The van der Waals surface area contributed by atoms with Gasteiger partial charge in [-0.15, -0.1) is 0 Å². The Morgan fingerprint density at radius 1 is 1.00 bits per heavy atom. The summed E-state index contributed by atoms with van der Waals surface area (Å²) in [7, 11) is 0. The molecule has 0 amide bonds. The number of hydrogen-bond donors (Lipinski definition) is 1. The third-order valence-electron chi connectivity index (χ3n) is 5.27. The van der Waals surface area contributed by atoms with Crippen molar-refractivity contribution in [3.05, 3.63) is 0 Å². The molecule has 0 aromatic heterocycles. The molecule has 1 atom stereocenters. The summed E-state index contributed by atoms with van der Waals surface area (Å²) in [6, 6.07) is 1.43. The standard InChI is InChI=1S/C16H30N4O/c17-16(19-9-11-21-12-10-19)18-13-15-7-4-8-20(15)14-5-2-1-3-6-14/h14-15H,1-13H2,(H2,17,18). The second-order valence-electron chi connectivity index (χ2n) is 6.62. The molecule has 3 fully saturated rings. The summed E-state index contributed by atoms with van der Waals surface area (Å²) in [5.41, 5.74) is 6.15. The van der Waals surface area contributed by atoms with Crippen molar-refractivity contribution in [2.45, 2.75) is 57.0 Å². The topological polar surface area (TPSA) is 54.1 Å². The van der Waals surface area contributed by atoms with E-state index in [2.05, 4.69) is 9.80 Å². The highest BCUT2D eigenvalue weighted by molar-refractivity contribution is 5.78. The van der Waals surface area contributed by atoms with Gasteiger partial charge in [0.15, 0.2) is 5.96 Å². The first-order chi connectivity index (χ1) is 10.3. The lowest BCUT2D eigenvalue weighted by molar-refractivity contribution is 0.0673. The first kappa shape index (κ1) is 15.1. The maximum atomic E-state index is 6.15. The zero-order valence-corrected chi connectivity index (χ0v) is 13.2. The maximum absolute atomic E-state index is 6.15. The minimum atomic E-state index is 0.618. The van der Waals surface area contributed by atoms with Gasteiger partial charge in [0.05, 0.1) is 19.8 Å². The van der Waals surface area contributed by atoms with Crippen molar-refractivity contribution in [3.8, 4) is 0 Å². The molecule has 5 nitrogen and oxygen atoms in total. The Hall–Kier alpha value is -0.810. The Bertz CT molecular complexity index is 348. The van der Waals surface area contributed by atoms with E-state index in [1.165, 1.54) is 51.5 Å². The van der Waals surface area contributed by atoms with E-state index < -0.39 is 0 Å². The molecule has 3 aliphatic rings. The molecule has 120 valence electrons. The van der Waals surface area contributed by atoms with Crippen molar-refractivity contribution in [1.29, 1.82) is 0 Å². The predicted octanol–water partition coefficient (Wildman–Crippen LogP) is 1.43. The second kappa shape index (κ2) is 7.45. The fourth-order valence-corrected chi connectivity index (χ4v) is 4.04. The number of likely N-dealkylation sites (tertiary alicyclic amines) is 1. The van der Waals surface area contributed by atoms with E-state index in [9.17, 15) is 0 Å². The quantitative estimate of drug-likeness (QED) is 0.632. The molecule has 0 spiro atoms. The van der Waals surface area contributed by atoms with E-state index in [4.69, 9.17) is 15.5 Å². The Balaban J connectivity index is 1.52. The van der Waals surface area contributed by atoms with Crippen LogP contribution in [-0.2, 0) is 4.74 Å². The number of nitrogens with zero attached hydrogens (tertiary/aromatic N) is 3. The predicted molar refractivity (Wildman–Crippen MR) is 85.5 cm³/mol. The molecule has 2 aliphatic heterocycles. The van der Waals surface area contributed by atoms with Crippen LogP contribution < -0.4 is 5.73 Å². The monoisotopic (exact) mass is 294 g/mol.